The van der Waals surface area contributed by atoms with Gasteiger partial charge in [-0.3, -0.25) is 9.59 Å². The lowest BCUT2D eigenvalue weighted by Gasteiger charge is -2.44. The van der Waals surface area contributed by atoms with Gasteiger partial charge in [-0.15, -0.1) is 0 Å². The zero-order valence-electron chi connectivity index (χ0n) is 18.4. The highest BCUT2D eigenvalue weighted by molar-refractivity contribution is 6.06. The largest absolute Gasteiger partial charge is 0.496 e. The summed E-state index contributed by atoms with van der Waals surface area (Å²) in [6.45, 7) is 10.6. The summed E-state index contributed by atoms with van der Waals surface area (Å²) in [4.78, 5) is 26.6. The van der Waals surface area contributed by atoms with E-state index in [0.29, 0.717) is 12.8 Å². The SMILES string of the molecule is COc1ccc(C2C3=C(CC(C)(C)CC3=O)NC3=C2C(=O)CC(C)(C)C3)cc1C. The lowest BCUT2D eigenvalue weighted by molar-refractivity contribution is -0.119. The molecular weight excluding hydrogens is 362 g/mol. The van der Waals surface area contributed by atoms with Gasteiger partial charge in [0.05, 0.1) is 7.11 Å². The van der Waals surface area contributed by atoms with Crippen molar-refractivity contribution >= 4 is 11.6 Å². The van der Waals surface area contributed by atoms with E-state index in [0.717, 1.165) is 52.3 Å². The van der Waals surface area contributed by atoms with Gasteiger partial charge < -0.3 is 10.1 Å². The van der Waals surface area contributed by atoms with Crippen molar-refractivity contribution in [1.29, 1.82) is 0 Å². The molecule has 1 N–H and O–H groups in total. The standard InChI is InChI=1S/C25H31NO3/c1-14-9-15(7-8-20(14)29-6)21-22-16(10-24(2,3)12-18(22)27)26-17-11-25(4,5)13-19(28)23(17)21/h7-9,21,26H,10-13H2,1-6H3. The van der Waals surface area contributed by atoms with Crippen molar-refractivity contribution in [3.63, 3.8) is 0 Å². The van der Waals surface area contributed by atoms with Gasteiger partial charge in [0.15, 0.2) is 11.6 Å². The number of carbonyl (C=O) groups is 2. The molecule has 2 aliphatic carbocycles. The number of nitrogens with one attached hydrogen (secondary N) is 1. The molecule has 1 aromatic carbocycles. The third-order valence-electron chi connectivity index (χ3n) is 6.47. The van der Waals surface area contributed by atoms with Crippen LogP contribution in [0.3, 0.4) is 0 Å². The summed E-state index contributed by atoms with van der Waals surface area (Å²) >= 11 is 0. The van der Waals surface area contributed by atoms with E-state index in [1.807, 2.05) is 19.1 Å². The Morgan fingerprint density at radius 3 is 1.86 bits per heavy atom. The number of ether oxygens (including phenoxy) is 1. The van der Waals surface area contributed by atoms with E-state index in [9.17, 15) is 9.59 Å². The molecule has 0 spiro atoms. The Morgan fingerprint density at radius 2 is 1.41 bits per heavy atom. The molecule has 1 aliphatic heterocycles. The van der Waals surface area contributed by atoms with E-state index in [4.69, 9.17) is 4.74 Å². The fraction of sp³-hybridized carbons (Fsp3) is 0.520. The van der Waals surface area contributed by atoms with Gasteiger partial charge in [-0.25, -0.2) is 0 Å². The molecule has 0 saturated carbocycles. The number of ketones is 2. The molecule has 0 saturated heterocycles. The third-order valence-corrected chi connectivity index (χ3v) is 6.47. The number of rotatable bonds is 2. The predicted octanol–water partition coefficient (Wildman–Crippen LogP) is 4.98. The average molecular weight is 394 g/mol. The summed E-state index contributed by atoms with van der Waals surface area (Å²) in [5, 5.41) is 3.56. The first-order valence-electron chi connectivity index (χ1n) is 10.5. The van der Waals surface area contributed by atoms with Crippen molar-refractivity contribution in [2.45, 2.75) is 66.2 Å². The van der Waals surface area contributed by atoms with Crippen molar-refractivity contribution < 1.29 is 14.3 Å². The molecule has 0 unspecified atom stereocenters. The second kappa shape index (κ2) is 6.58. The summed E-state index contributed by atoms with van der Waals surface area (Å²) in [6.07, 6.45) is 2.68. The minimum absolute atomic E-state index is 0.0739. The molecule has 1 aromatic rings. The molecule has 0 radical (unpaired) electrons. The van der Waals surface area contributed by atoms with Gasteiger partial charge in [0.25, 0.3) is 0 Å². The summed E-state index contributed by atoms with van der Waals surface area (Å²) in [7, 11) is 1.66. The first-order valence-corrected chi connectivity index (χ1v) is 10.5. The van der Waals surface area contributed by atoms with Crippen molar-refractivity contribution in [3.8, 4) is 5.75 Å². The number of hydrogen-bond acceptors (Lipinski definition) is 4. The smallest absolute Gasteiger partial charge is 0.162 e. The Bertz CT molecular complexity index is 926. The first kappa shape index (κ1) is 19.9. The monoisotopic (exact) mass is 393 g/mol. The average Bonchev–Trinajstić information content (AvgIpc) is 2.57. The van der Waals surface area contributed by atoms with Gasteiger partial charge in [-0.2, -0.15) is 0 Å². The Morgan fingerprint density at radius 1 is 0.897 bits per heavy atom. The van der Waals surface area contributed by atoms with Crippen LogP contribution in [0.25, 0.3) is 0 Å². The van der Waals surface area contributed by atoms with Gasteiger partial charge in [-0.05, 0) is 47.8 Å². The van der Waals surface area contributed by atoms with Gasteiger partial charge in [0.1, 0.15) is 5.75 Å². The summed E-state index contributed by atoms with van der Waals surface area (Å²) in [5.74, 6) is 0.856. The highest BCUT2D eigenvalue weighted by Crippen LogP contribution is 2.51. The molecular formula is C25H31NO3. The molecule has 0 amide bonds. The lowest BCUT2D eigenvalue weighted by Crippen LogP contribution is -2.42. The minimum Gasteiger partial charge on any atom is -0.496 e. The summed E-state index contributed by atoms with van der Waals surface area (Å²) in [6, 6.07) is 6.03. The lowest BCUT2D eigenvalue weighted by atomic mass is 9.64. The maximum absolute atomic E-state index is 13.3. The molecule has 4 rings (SSSR count). The van der Waals surface area contributed by atoms with Crippen LogP contribution in [0.2, 0.25) is 0 Å². The maximum Gasteiger partial charge on any atom is 0.162 e. The van der Waals surface area contributed by atoms with E-state index in [2.05, 4.69) is 39.1 Å². The number of hydrogen-bond donors (Lipinski definition) is 1. The minimum atomic E-state index is -0.280. The zero-order valence-corrected chi connectivity index (χ0v) is 18.4. The van der Waals surface area contributed by atoms with Gasteiger partial charge in [0.2, 0.25) is 0 Å². The molecule has 4 nitrogen and oxygen atoms in total. The van der Waals surface area contributed by atoms with E-state index < -0.39 is 0 Å². The quantitative estimate of drug-likeness (QED) is 0.770. The van der Waals surface area contributed by atoms with Crippen LogP contribution >= 0.6 is 0 Å². The maximum atomic E-state index is 13.3. The van der Waals surface area contributed by atoms with Crippen molar-refractivity contribution in [2.75, 3.05) is 7.11 Å². The highest BCUT2D eigenvalue weighted by atomic mass is 16.5. The Kier molecular flexibility index (Phi) is 4.52. The van der Waals surface area contributed by atoms with E-state index in [1.165, 1.54) is 0 Å². The second-order valence-corrected chi connectivity index (χ2v) is 10.5. The topological polar surface area (TPSA) is 55.4 Å². The fourth-order valence-corrected chi connectivity index (χ4v) is 5.30. The van der Waals surface area contributed by atoms with E-state index in [-0.39, 0.29) is 28.3 Å². The number of dihydropyridines is 1. The highest BCUT2D eigenvalue weighted by Gasteiger charge is 2.46. The molecule has 0 atom stereocenters. The molecule has 154 valence electrons. The van der Waals surface area contributed by atoms with E-state index >= 15 is 0 Å². The van der Waals surface area contributed by atoms with Crippen molar-refractivity contribution in [1.82, 2.24) is 5.32 Å². The number of allylic oxidation sites excluding steroid dienone is 4. The van der Waals surface area contributed by atoms with Crippen molar-refractivity contribution in [3.05, 3.63) is 51.9 Å². The molecule has 0 aromatic heterocycles. The summed E-state index contributed by atoms with van der Waals surface area (Å²) < 4.78 is 5.43. The number of aryl methyl sites for hydroxylation is 1. The molecule has 0 fully saturated rings. The molecule has 1 heterocycles. The normalized spacial score (nSPS) is 23.5. The number of benzene rings is 1. The number of methoxy groups -OCH3 is 1. The van der Waals surface area contributed by atoms with Crippen LogP contribution < -0.4 is 10.1 Å². The molecule has 4 heteroatoms. The Balaban J connectivity index is 1.91. The van der Waals surface area contributed by atoms with Crippen LogP contribution in [0, 0.1) is 17.8 Å². The van der Waals surface area contributed by atoms with E-state index in [1.54, 1.807) is 7.11 Å². The molecule has 29 heavy (non-hydrogen) atoms. The number of carbonyl (C=O) groups excluding carboxylic acids is 2. The Hall–Kier alpha value is -2.36. The Labute approximate surface area is 173 Å². The zero-order chi connectivity index (χ0) is 21.1. The van der Waals surface area contributed by atoms with Gasteiger partial charge >= 0.3 is 0 Å². The fourth-order valence-electron chi connectivity index (χ4n) is 5.30. The molecule has 3 aliphatic rings. The van der Waals surface area contributed by atoms with Crippen LogP contribution in [-0.2, 0) is 9.59 Å². The van der Waals surface area contributed by atoms with Crippen molar-refractivity contribution in [2.24, 2.45) is 10.8 Å². The van der Waals surface area contributed by atoms with Gasteiger partial charge in [0, 0.05) is 41.3 Å². The van der Waals surface area contributed by atoms with Crippen LogP contribution in [-0.4, -0.2) is 18.7 Å². The predicted molar refractivity (Wildman–Crippen MR) is 114 cm³/mol. The third kappa shape index (κ3) is 3.43. The number of Topliss-reactive ketones (excluding diaryl/α,β-unsaturated/α-hetero) is 2. The van der Waals surface area contributed by atoms with Crippen LogP contribution in [0.4, 0.5) is 0 Å². The first-order chi connectivity index (χ1) is 13.5. The van der Waals surface area contributed by atoms with Gasteiger partial charge in [-0.1, -0.05) is 39.8 Å². The second-order valence-electron chi connectivity index (χ2n) is 10.5. The molecule has 0 bridgehead atoms. The summed E-state index contributed by atoms with van der Waals surface area (Å²) in [5.41, 5.74) is 5.47. The van der Waals surface area contributed by atoms with Crippen LogP contribution in [0.15, 0.2) is 40.7 Å². The van der Waals surface area contributed by atoms with Crippen LogP contribution in [0.1, 0.15) is 70.4 Å². The van der Waals surface area contributed by atoms with Crippen LogP contribution in [0.5, 0.6) is 5.75 Å².